The highest BCUT2D eigenvalue weighted by atomic mass is 32.1. The van der Waals surface area contributed by atoms with E-state index in [0.717, 1.165) is 32.5 Å². The Kier molecular flexibility index (Phi) is 9.02. The summed E-state index contributed by atoms with van der Waals surface area (Å²) in [5.41, 5.74) is 5.91. The van der Waals surface area contributed by atoms with Crippen LogP contribution in [-0.4, -0.2) is 40.3 Å². The van der Waals surface area contributed by atoms with Crippen LogP contribution in [0.1, 0.15) is 38.3 Å². The van der Waals surface area contributed by atoms with Crippen molar-refractivity contribution < 1.29 is 24.2 Å². The molecule has 6 aromatic rings. The molecule has 0 radical (unpaired) electrons. The standard InChI is InChI=1S/C35H27N5O5S3/c36-17-23-19-46-20-27(23)22-10-12-24(13-11-22)44-16-4-9-30-32(45-35(42)43)39-34(48-30)40-15-14-21-5-3-6-25(26(21)18-40)31(41)38-33-37-28-7-1-2-8-29(28)47-33/h1-3,5-8,10-13,19-20H,4,9,14-16,18H2,(H,42,43)(H,37,38,41). The molecule has 0 atom stereocenters. The van der Waals surface area contributed by atoms with Gasteiger partial charge in [-0.25, -0.2) is 9.78 Å². The number of nitriles is 1. The largest absolute Gasteiger partial charge is 0.512 e. The summed E-state index contributed by atoms with van der Waals surface area (Å²) >= 11 is 4.31. The number of ether oxygens (including phenoxy) is 2. The van der Waals surface area contributed by atoms with Crippen molar-refractivity contribution in [3.63, 3.8) is 0 Å². The van der Waals surface area contributed by atoms with Gasteiger partial charge in [0.25, 0.3) is 5.91 Å². The average molecular weight is 694 g/mol. The van der Waals surface area contributed by atoms with E-state index in [1.54, 1.807) is 0 Å². The molecule has 1 amide bonds. The maximum atomic E-state index is 13.4. The second kappa shape index (κ2) is 13.8. The van der Waals surface area contributed by atoms with Crippen molar-refractivity contribution in [2.45, 2.75) is 25.8 Å². The summed E-state index contributed by atoms with van der Waals surface area (Å²) < 4.78 is 12.0. The van der Waals surface area contributed by atoms with Crippen LogP contribution in [0, 0.1) is 11.3 Å². The fourth-order valence-corrected chi connectivity index (χ4v) is 8.29. The van der Waals surface area contributed by atoms with Gasteiger partial charge in [-0.2, -0.15) is 21.6 Å². The molecular weight excluding hydrogens is 667 g/mol. The Labute approximate surface area is 287 Å². The normalized spacial score (nSPS) is 12.4. The van der Waals surface area contributed by atoms with Gasteiger partial charge in [0.15, 0.2) is 10.3 Å². The number of carbonyl (C=O) groups is 2. The topological polar surface area (TPSA) is 138 Å². The number of fused-ring (bicyclic) bond motifs is 2. The Morgan fingerprint density at radius 3 is 2.69 bits per heavy atom. The molecule has 0 fully saturated rings. The lowest BCUT2D eigenvalue weighted by molar-refractivity contribution is 0.102. The first-order chi connectivity index (χ1) is 23.4. The van der Waals surface area contributed by atoms with Gasteiger partial charge in [0.2, 0.25) is 5.88 Å². The lowest BCUT2D eigenvalue weighted by Crippen LogP contribution is -2.32. The number of thiazole rings is 2. The van der Waals surface area contributed by atoms with Gasteiger partial charge in [0.05, 0.1) is 27.3 Å². The highest BCUT2D eigenvalue weighted by Crippen LogP contribution is 2.36. The Balaban J connectivity index is 1.01. The molecule has 4 heterocycles. The molecule has 10 nitrogen and oxygen atoms in total. The molecule has 0 saturated heterocycles. The summed E-state index contributed by atoms with van der Waals surface area (Å²) in [7, 11) is 0. The van der Waals surface area contributed by atoms with E-state index in [-0.39, 0.29) is 11.8 Å². The molecule has 1 aliphatic heterocycles. The van der Waals surface area contributed by atoms with Gasteiger partial charge < -0.3 is 19.5 Å². The Morgan fingerprint density at radius 2 is 1.88 bits per heavy atom. The third kappa shape index (κ3) is 6.72. The number of aryl methyl sites for hydroxylation is 1. The van der Waals surface area contributed by atoms with Gasteiger partial charge in [0.1, 0.15) is 11.8 Å². The summed E-state index contributed by atoms with van der Waals surface area (Å²) in [5.74, 6) is 0.550. The van der Waals surface area contributed by atoms with E-state index in [2.05, 4.69) is 26.3 Å². The van der Waals surface area contributed by atoms with Crippen LogP contribution in [0.3, 0.4) is 0 Å². The van der Waals surface area contributed by atoms with E-state index in [1.165, 1.54) is 34.0 Å². The zero-order valence-electron chi connectivity index (χ0n) is 25.3. The van der Waals surface area contributed by atoms with Gasteiger partial charge in [-0.15, -0.1) is 0 Å². The summed E-state index contributed by atoms with van der Waals surface area (Å²) in [5, 5.41) is 26.6. The Hall–Kier alpha value is -5.29. The van der Waals surface area contributed by atoms with Crippen LogP contribution in [0.5, 0.6) is 11.6 Å². The molecule has 0 bridgehead atoms. The number of carboxylic acid groups (broad SMARTS) is 1. The predicted molar refractivity (Wildman–Crippen MR) is 188 cm³/mol. The molecule has 240 valence electrons. The van der Waals surface area contributed by atoms with E-state index in [0.29, 0.717) is 71.0 Å². The summed E-state index contributed by atoms with van der Waals surface area (Å²) in [6.07, 6.45) is 0.409. The fraction of sp³-hybridized carbons (Fsp3) is 0.171. The number of thiophene rings is 1. The van der Waals surface area contributed by atoms with E-state index in [4.69, 9.17) is 9.47 Å². The maximum absolute atomic E-state index is 13.4. The number of nitrogens with one attached hydrogen (secondary N) is 1. The van der Waals surface area contributed by atoms with Crippen LogP contribution in [-0.2, 0) is 19.4 Å². The molecule has 48 heavy (non-hydrogen) atoms. The lowest BCUT2D eigenvalue weighted by atomic mass is 9.94. The molecular formula is C35H27N5O5S3. The molecule has 3 aromatic heterocycles. The minimum atomic E-state index is -1.42. The van der Waals surface area contributed by atoms with E-state index < -0.39 is 6.16 Å². The molecule has 0 saturated carbocycles. The van der Waals surface area contributed by atoms with Gasteiger partial charge in [-0.05, 0) is 71.7 Å². The number of carbonyl (C=O) groups excluding carboxylic acids is 1. The van der Waals surface area contributed by atoms with Crippen molar-refractivity contribution in [2.24, 2.45) is 0 Å². The molecule has 0 spiro atoms. The van der Waals surface area contributed by atoms with Crippen molar-refractivity contribution in [1.82, 2.24) is 9.97 Å². The van der Waals surface area contributed by atoms with Crippen LogP contribution in [0.4, 0.5) is 15.1 Å². The zero-order chi connectivity index (χ0) is 33.0. The number of amides is 1. The Morgan fingerprint density at radius 1 is 1.02 bits per heavy atom. The molecule has 1 aliphatic rings. The molecule has 0 unspecified atom stereocenters. The summed E-state index contributed by atoms with van der Waals surface area (Å²) in [6.45, 7) is 1.51. The maximum Gasteiger partial charge on any atom is 0.512 e. The molecule has 3 aromatic carbocycles. The summed E-state index contributed by atoms with van der Waals surface area (Å²) in [4.78, 5) is 36.8. The van der Waals surface area contributed by atoms with Crippen molar-refractivity contribution in [2.75, 3.05) is 23.4 Å². The van der Waals surface area contributed by atoms with Gasteiger partial charge >= 0.3 is 6.16 Å². The molecule has 2 N–H and O–H groups in total. The second-order valence-electron chi connectivity index (χ2n) is 10.9. The van der Waals surface area contributed by atoms with Crippen LogP contribution >= 0.6 is 34.0 Å². The first-order valence-electron chi connectivity index (χ1n) is 15.1. The van der Waals surface area contributed by atoms with Gasteiger partial charge in [0, 0.05) is 29.6 Å². The van der Waals surface area contributed by atoms with Crippen molar-refractivity contribution in [3.8, 4) is 28.8 Å². The van der Waals surface area contributed by atoms with E-state index in [9.17, 15) is 20.0 Å². The smallest absolute Gasteiger partial charge is 0.494 e. The van der Waals surface area contributed by atoms with E-state index in [1.807, 2.05) is 77.5 Å². The molecule has 0 aliphatic carbocycles. The van der Waals surface area contributed by atoms with Crippen molar-refractivity contribution in [1.29, 1.82) is 5.26 Å². The summed E-state index contributed by atoms with van der Waals surface area (Å²) in [6, 6.07) is 23.3. The predicted octanol–water partition coefficient (Wildman–Crippen LogP) is 8.24. The quantitative estimate of drug-likeness (QED) is 0.107. The number of anilines is 2. The Bertz CT molecular complexity index is 2130. The van der Waals surface area contributed by atoms with Gasteiger partial charge in [-0.3, -0.25) is 10.1 Å². The number of benzene rings is 3. The highest BCUT2D eigenvalue weighted by molar-refractivity contribution is 7.22. The molecule has 7 rings (SSSR count). The fourth-order valence-electron chi connectivity index (χ4n) is 5.59. The lowest BCUT2D eigenvalue weighted by Gasteiger charge is -2.29. The first kappa shape index (κ1) is 31.3. The van der Waals surface area contributed by atoms with Crippen LogP contribution < -0.4 is 19.7 Å². The van der Waals surface area contributed by atoms with Crippen LogP contribution in [0.2, 0.25) is 0 Å². The third-order valence-electron chi connectivity index (χ3n) is 7.90. The monoisotopic (exact) mass is 693 g/mol. The SMILES string of the molecule is N#Cc1cscc1-c1ccc(OCCCc2sc(N3CCc4cccc(C(=O)Nc5nc6ccccc6s5)c4C3)nc2OC(=O)O)cc1. The van der Waals surface area contributed by atoms with Crippen molar-refractivity contribution in [3.05, 3.63) is 105 Å². The molecule has 13 heteroatoms. The van der Waals surface area contributed by atoms with Crippen molar-refractivity contribution >= 4 is 66.6 Å². The van der Waals surface area contributed by atoms with Gasteiger partial charge in [-0.1, -0.05) is 59.1 Å². The number of nitrogens with zero attached hydrogens (tertiary/aromatic N) is 4. The second-order valence-corrected chi connectivity index (χ2v) is 13.8. The minimum Gasteiger partial charge on any atom is -0.494 e. The number of hydrogen-bond donors (Lipinski definition) is 2. The minimum absolute atomic E-state index is 0.0728. The van der Waals surface area contributed by atoms with E-state index >= 15 is 0 Å². The number of rotatable bonds is 10. The number of para-hydroxylation sites is 1. The van der Waals surface area contributed by atoms with Crippen LogP contribution in [0.25, 0.3) is 21.3 Å². The number of aromatic nitrogens is 2. The average Bonchev–Trinajstić information content (AvgIpc) is 3.84. The highest BCUT2D eigenvalue weighted by Gasteiger charge is 2.26. The van der Waals surface area contributed by atoms with Crippen LogP contribution in [0.15, 0.2) is 77.5 Å². The zero-order valence-corrected chi connectivity index (χ0v) is 27.8. The number of hydrogen-bond acceptors (Lipinski definition) is 11. The third-order valence-corrected chi connectivity index (χ3v) is 10.8. The first-order valence-corrected chi connectivity index (χ1v) is 17.7.